The topological polar surface area (TPSA) is 100 Å². The van der Waals surface area contributed by atoms with Crippen molar-refractivity contribution in [3.05, 3.63) is 68.9 Å². The number of hydrogen-bond donors (Lipinski definition) is 0. The number of furan rings is 1. The zero-order chi connectivity index (χ0) is 20.9. The summed E-state index contributed by atoms with van der Waals surface area (Å²) in [4.78, 5) is 16.4. The van der Waals surface area contributed by atoms with E-state index in [0.717, 1.165) is 0 Å². The van der Waals surface area contributed by atoms with Gasteiger partial charge in [-0.05, 0) is 52.3 Å². The lowest BCUT2D eigenvalue weighted by atomic mass is 10.3. The van der Waals surface area contributed by atoms with Gasteiger partial charge >= 0.3 is 5.97 Å². The van der Waals surface area contributed by atoms with Crippen LogP contribution in [0.15, 0.2) is 55.3 Å². The van der Waals surface area contributed by atoms with Crippen molar-refractivity contribution >= 4 is 33.2 Å². The van der Waals surface area contributed by atoms with Crippen molar-refractivity contribution in [3.8, 4) is 17.4 Å². The Morgan fingerprint density at radius 2 is 1.93 bits per heavy atom. The van der Waals surface area contributed by atoms with Gasteiger partial charge in [-0.2, -0.15) is 0 Å². The van der Waals surface area contributed by atoms with E-state index in [1.54, 1.807) is 17.5 Å². The predicted octanol–water partition coefficient (Wildman–Crippen LogP) is 4.55. The van der Waals surface area contributed by atoms with Crippen LogP contribution in [0.5, 0.6) is 5.75 Å². The fourth-order valence-corrected chi connectivity index (χ4v) is 3.37. The number of carbonyl (C=O) groups is 1. The molecule has 0 fully saturated rings. The molecule has 0 spiro atoms. The molecule has 0 saturated carbocycles. The van der Waals surface area contributed by atoms with Crippen LogP contribution in [0.4, 0.5) is 4.39 Å². The van der Waals surface area contributed by atoms with Crippen molar-refractivity contribution in [1.29, 1.82) is 0 Å². The third-order valence-electron chi connectivity index (χ3n) is 3.71. The first-order valence-electron chi connectivity index (χ1n) is 8.60. The molecule has 0 bridgehead atoms. The van der Waals surface area contributed by atoms with Gasteiger partial charge in [-0.1, -0.05) is 0 Å². The number of nitrogens with zero attached hydrogens (tertiary/aromatic N) is 3. The molecule has 0 saturated heterocycles. The Morgan fingerprint density at radius 1 is 1.10 bits per heavy atom. The van der Waals surface area contributed by atoms with Gasteiger partial charge in [0.2, 0.25) is 0 Å². The number of benzene rings is 1. The Hall–Kier alpha value is -3.05. The van der Waals surface area contributed by atoms with Crippen LogP contribution in [-0.2, 0) is 29.2 Å². The number of carbonyl (C=O) groups excluding carboxylic acids is 1. The van der Waals surface area contributed by atoms with E-state index in [-0.39, 0.29) is 37.2 Å². The fraction of sp³-hybridized carbons (Fsp3) is 0.158. The van der Waals surface area contributed by atoms with Gasteiger partial charge in [0, 0.05) is 5.38 Å². The zero-order valence-electron chi connectivity index (χ0n) is 15.2. The largest absolute Gasteiger partial charge is 0.486 e. The maximum atomic E-state index is 12.9. The summed E-state index contributed by atoms with van der Waals surface area (Å²) in [5.74, 6) is 0.475. The molecule has 0 radical (unpaired) electrons. The van der Waals surface area contributed by atoms with Crippen LogP contribution in [-0.4, -0.2) is 21.2 Å². The summed E-state index contributed by atoms with van der Waals surface area (Å²) < 4.78 is 34.9. The predicted molar refractivity (Wildman–Crippen MR) is 106 cm³/mol. The number of esters is 1. The lowest BCUT2D eigenvalue weighted by Gasteiger charge is -2.03. The van der Waals surface area contributed by atoms with Gasteiger partial charge in [-0.25, -0.2) is 9.37 Å². The highest BCUT2D eigenvalue weighted by Gasteiger charge is 2.15. The first-order chi connectivity index (χ1) is 14.5. The SMILES string of the molecule is O=C(Cc1csc(COc2ccc(F)cc2)n1)OCc1nnc(-c2ccc(Br)o2)o1. The van der Waals surface area contributed by atoms with Gasteiger partial charge in [0.25, 0.3) is 11.8 Å². The molecule has 0 aliphatic heterocycles. The molecule has 4 aromatic rings. The number of ether oxygens (including phenoxy) is 2. The number of hydrogen-bond acceptors (Lipinski definition) is 9. The number of thiazole rings is 1. The van der Waals surface area contributed by atoms with Crippen molar-refractivity contribution in [2.45, 2.75) is 19.6 Å². The molecule has 4 rings (SSSR count). The number of aromatic nitrogens is 3. The lowest BCUT2D eigenvalue weighted by molar-refractivity contribution is -0.144. The Labute approximate surface area is 181 Å². The van der Waals surface area contributed by atoms with Crippen LogP contribution < -0.4 is 4.74 Å². The number of rotatable bonds is 8. The first kappa shape index (κ1) is 20.2. The van der Waals surface area contributed by atoms with Crippen LogP contribution >= 0.6 is 27.3 Å². The maximum Gasteiger partial charge on any atom is 0.312 e. The monoisotopic (exact) mass is 493 g/mol. The average Bonchev–Trinajstić information content (AvgIpc) is 3.47. The molecule has 3 heterocycles. The van der Waals surface area contributed by atoms with E-state index in [1.165, 1.54) is 35.6 Å². The van der Waals surface area contributed by atoms with E-state index in [2.05, 4.69) is 31.1 Å². The van der Waals surface area contributed by atoms with E-state index in [4.69, 9.17) is 18.3 Å². The van der Waals surface area contributed by atoms with Crippen molar-refractivity contribution in [3.63, 3.8) is 0 Å². The lowest BCUT2D eigenvalue weighted by Crippen LogP contribution is -2.08. The summed E-state index contributed by atoms with van der Waals surface area (Å²) in [5.41, 5.74) is 0.564. The summed E-state index contributed by atoms with van der Waals surface area (Å²) >= 11 is 4.55. The molecule has 3 aromatic heterocycles. The number of halogens is 2. The van der Waals surface area contributed by atoms with Gasteiger partial charge in [-0.3, -0.25) is 4.79 Å². The molecule has 11 heteroatoms. The standard InChI is InChI=1S/C19H13BrFN3O5S/c20-15-6-5-14(28-15)19-24-23-16(29-19)8-27-18(25)7-12-10-30-17(22-12)9-26-13-3-1-11(21)2-4-13/h1-6,10H,7-9H2. The second-order valence-corrected chi connectivity index (χ2v) is 7.64. The minimum Gasteiger partial charge on any atom is -0.486 e. The summed E-state index contributed by atoms with van der Waals surface area (Å²) in [6.45, 7) is 0.0669. The molecule has 0 atom stereocenters. The minimum atomic E-state index is -0.480. The van der Waals surface area contributed by atoms with Crippen molar-refractivity contribution < 1.29 is 27.5 Å². The summed E-state index contributed by atoms with van der Waals surface area (Å²) in [7, 11) is 0. The smallest absolute Gasteiger partial charge is 0.312 e. The molecule has 0 aliphatic carbocycles. The molecular weight excluding hydrogens is 481 g/mol. The van der Waals surface area contributed by atoms with E-state index >= 15 is 0 Å². The Morgan fingerprint density at radius 3 is 2.70 bits per heavy atom. The molecule has 1 aromatic carbocycles. The highest BCUT2D eigenvalue weighted by atomic mass is 79.9. The van der Waals surface area contributed by atoms with Crippen LogP contribution in [0.1, 0.15) is 16.6 Å². The zero-order valence-corrected chi connectivity index (χ0v) is 17.6. The Kier molecular flexibility index (Phi) is 6.19. The molecule has 30 heavy (non-hydrogen) atoms. The summed E-state index contributed by atoms with van der Waals surface area (Å²) in [5, 5.41) is 10.1. The van der Waals surface area contributed by atoms with E-state index in [9.17, 15) is 9.18 Å². The summed E-state index contributed by atoms with van der Waals surface area (Å²) in [6, 6.07) is 9.08. The normalized spacial score (nSPS) is 10.9. The van der Waals surface area contributed by atoms with Gasteiger partial charge in [0.1, 0.15) is 23.2 Å². The second kappa shape index (κ2) is 9.18. The van der Waals surface area contributed by atoms with Crippen LogP contribution in [0, 0.1) is 5.82 Å². The van der Waals surface area contributed by atoms with Crippen LogP contribution in [0.25, 0.3) is 11.7 Å². The first-order valence-corrected chi connectivity index (χ1v) is 10.3. The fourth-order valence-electron chi connectivity index (χ4n) is 2.35. The highest BCUT2D eigenvalue weighted by Crippen LogP contribution is 2.24. The van der Waals surface area contributed by atoms with Crippen LogP contribution in [0.2, 0.25) is 0 Å². The quantitative estimate of drug-likeness (QED) is 0.329. The maximum absolute atomic E-state index is 12.9. The Bertz CT molecular complexity index is 1140. The second-order valence-electron chi connectivity index (χ2n) is 5.92. The molecule has 0 amide bonds. The van der Waals surface area contributed by atoms with Gasteiger partial charge in [0.15, 0.2) is 17.0 Å². The minimum absolute atomic E-state index is 0.000820. The van der Waals surface area contributed by atoms with Crippen LogP contribution in [0.3, 0.4) is 0 Å². The van der Waals surface area contributed by atoms with E-state index in [0.29, 0.717) is 26.9 Å². The molecule has 8 nitrogen and oxygen atoms in total. The molecule has 0 N–H and O–H groups in total. The van der Waals surface area contributed by atoms with Crippen molar-refractivity contribution in [1.82, 2.24) is 15.2 Å². The third-order valence-corrected chi connectivity index (χ3v) is 5.01. The van der Waals surface area contributed by atoms with Gasteiger partial charge < -0.3 is 18.3 Å². The van der Waals surface area contributed by atoms with Crippen molar-refractivity contribution in [2.75, 3.05) is 0 Å². The van der Waals surface area contributed by atoms with Crippen molar-refractivity contribution in [2.24, 2.45) is 0 Å². The average molecular weight is 494 g/mol. The molecule has 154 valence electrons. The summed E-state index contributed by atoms with van der Waals surface area (Å²) in [6.07, 6.45) is -0.000820. The molecule has 0 unspecified atom stereocenters. The highest BCUT2D eigenvalue weighted by molar-refractivity contribution is 9.10. The van der Waals surface area contributed by atoms with E-state index in [1.807, 2.05) is 0 Å². The van der Waals surface area contributed by atoms with Gasteiger partial charge in [-0.15, -0.1) is 21.5 Å². The molecular formula is C19H13BrFN3O5S. The molecule has 0 aliphatic rings. The van der Waals surface area contributed by atoms with E-state index < -0.39 is 5.97 Å². The Balaban J connectivity index is 1.24. The third kappa shape index (κ3) is 5.30. The van der Waals surface area contributed by atoms with Gasteiger partial charge in [0.05, 0.1) is 12.1 Å².